The summed E-state index contributed by atoms with van der Waals surface area (Å²) in [7, 11) is 0. The molecule has 0 spiro atoms. The zero-order chi connectivity index (χ0) is 19.8. The number of rotatable bonds is 4. The summed E-state index contributed by atoms with van der Waals surface area (Å²) in [5.41, 5.74) is 5.54. The molecule has 0 bridgehead atoms. The lowest BCUT2D eigenvalue weighted by atomic mass is 10.0. The molecule has 2 amide bonds. The van der Waals surface area contributed by atoms with Crippen molar-refractivity contribution in [3.8, 4) is 0 Å². The zero-order valence-corrected chi connectivity index (χ0v) is 14.8. The van der Waals surface area contributed by atoms with Gasteiger partial charge in [-0.1, -0.05) is 18.2 Å². The third-order valence-corrected chi connectivity index (χ3v) is 4.51. The minimum Gasteiger partial charge on any atom is -0.273 e. The number of hydrogen-bond acceptors (Lipinski definition) is 3. The van der Waals surface area contributed by atoms with Crippen LogP contribution in [0.2, 0.25) is 0 Å². The summed E-state index contributed by atoms with van der Waals surface area (Å²) in [6.07, 6.45) is -4.15. The number of benzene rings is 1. The summed E-state index contributed by atoms with van der Waals surface area (Å²) >= 11 is 0. The second-order valence-electron chi connectivity index (χ2n) is 6.66. The summed E-state index contributed by atoms with van der Waals surface area (Å²) in [6.45, 7) is 3.54. The van der Waals surface area contributed by atoms with Crippen molar-refractivity contribution < 1.29 is 22.8 Å². The minimum atomic E-state index is -4.46. The zero-order valence-electron chi connectivity index (χ0n) is 14.8. The standard InChI is InChI=1S/C18H19F3N4O2/c1-10-7-11(2)25(24-10)9-16(26)22-23-17(27)14-8-13(14)12-5-3-4-6-15(12)18(19,20)21/h3-7,13-14H,8-9H2,1-2H3,(H,22,26)(H,23,27). The SMILES string of the molecule is Cc1cc(C)n(CC(=O)NNC(=O)C2CC2c2ccccc2C(F)(F)F)n1. The van der Waals surface area contributed by atoms with Crippen LogP contribution < -0.4 is 10.9 Å². The number of aryl methyl sites for hydroxylation is 2. The van der Waals surface area contributed by atoms with E-state index in [1.165, 1.54) is 22.9 Å². The summed E-state index contributed by atoms with van der Waals surface area (Å²) < 4.78 is 40.8. The summed E-state index contributed by atoms with van der Waals surface area (Å²) in [5, 5.41) is 4.15. The molecule has 1 aliphatic carbocycles. The van der Waals surface area contributed by atoms with E-state index in [9.17, 15) is 22.8 Å². The topological polar surface area (TPSA) is 76.0 Å². The lowest BCUT2D eigenvalue weighted by molar-refractivity contribution is -0.138. The predicted octanol–water partition coefficient (Wildman–Crippen LogP) is 2.47. The van der Waals surface area contributed by atoms with Gasteiger partial charge < -0.3 is 0 Å². The Morgan fingerprint density at radius 1 is 1.22 bits per heavy atom. The van der Waals surface area contributed by atoms with Crippen LogP contribution in [0.1, 0.15) is 34.9 Å². The second-order valence-corrected chi connectivity index (χ2v) is 6.66. The Kier molecular flexibility index (Phi) is 4.95. The molecule has 1 heterocycles. The van der Waals surface area contributed by atoms with E-state index in [2.05, 4.69) is 16.0 Å². The van der Waals surface area contributed by atoms with Crippen LogP contribution in [0, 0.1) is 19.8 Å². The maximum atomic E-state index is 13.1. The molecule has 9 heteroatoms. The van der Waals surface area contributed by atoms with Crippen molar-refractivity contribution in [2.75, 3.05) is 0 Å². The van der Waals surface area contributed by atoms with E-state index in [0.29, 0.717) is 6.42 Å². The quantitative estimate of drug-likeness (QED) is 0.800. The molecule has 6 nitrogen and oxygen atoms in total. The molecule has 1 fully saturated rings. The maximum Gasteiger partial charge on any atom is 0.416 e. The molecule has 27 heavy (non-hydrogen) atoms. The van der Waals surface area contributed by atoms with Crippen LogP contribution in [-0.4, -0.2) is 21.6 Å². The van der Waals surface area contributed by atoms with Crippen molar-refractivity contribution in [1.82, 2.24) is 20.6 Å². The molecular formula is C18H19F3N4O2. The van der Waals surface area contributed by atoms with Gasteiger partial charge in [0.15, 0.2) is 0 Å². The van der Waals surface area contributed by atoms with Crippen molar-refractivity contribution >= 4 is 11.8 Å². The summed E-state index contributed by atoms with van der Waals surface area (Å²) in [4.78, 5) is 24.1. The first-order valence-electron chi connectivity index (χ1n) is 8.42. The van der Waals surface area contributed by atoms with Gasteiger partial charge in [-0.15, -0.1) is 0 Å². The van der Waals surface area contributed by atoms with Crippen LogP contribution in [0.15, 0.2) is 30.3 Å². The fraction of sp³-hybridized carbons (Fsp3) is 0.389. The largest absolute Gasteiger partial charge is 0.416 e. The van der Waals surface area contributed by atoms with Crippen LogP contribution in [-0.2, 0) is 22.3 Å². The number of carbonyl (C=O) groups excluding carboxylic acids is 2. The number of nitrogens with one attached hydrogen (secondary N) is 2. The molecule has 1 aliphatic rings. The van der Waals surface area contributed by atoms with Crippen molar-refractivity contribution in [2.24, 2.45) is 5.92 Å². The van der Waals surface area contributed by atoms with Gasteiger partial charge in [0.25, 0.3) is 5.91 Å². The molecule has 3 rings (SSSR count). The van der Waals surface area contributed by atoms with E-state index in [1.54, 1.807) is 13.8 Å². The average molecular weight is 380 g/mol. The molecule has 2 aromatic rings. The van der Waals surface area contributed by atoms with Crippen molar-refractivity contribution in [3.63, 3.8) is 0 Å². The molecule has 2 unspecified atom stereocenters. The second kappa shape index (κ2) is 7.05. The van der Waals surface area contributed by atoms with E-state index >= 15 is 0 Å². The number of nitrogens with zero attached hydrogens (tertiary/aromatic N) is 2. The van der Waals surface area contributed by atoms with Gasteiger partial charge in [-0.3, -0.25) is 25.1 Å². The normalized spacial score (nSPS) is 18.9. The van der Waals surface area contributed by atoms with Gasteiger partial charge in [-0.05, 0) is 43.9 Å². The third-order valence-electron chi connectivity index (χ3n) is 4.51. The van der Waals surface area contributed by atoms with Gasteiger partial charge in [0.2, 0.25) is 5.91 Å². The van der Waals surface area contributed by atoms with Gasteiger partial charge in [0, 0.05) is 11.6 Å². The van der Waals surface area contributed by atoms with Gasteiger partial charge in [-0.25, -0.2) is 0 Å². The van der Waals surface area contributed by atoms with Crippen LogP contribution in [0.3, 0.4) is 0 Å². The highest BCUT2D eigenvalue weighted by Gasteiger charge is 2.47. The number of hydrazine groups is 1. The van der Waals surface area contributed by atoms with E-state index in [-0.39, 0.29) is 12.1 Å². The van der Waals surface area contributed by atoms with Crippen LogP contribution >= 0.6 is 0 Å². The van der Waals surface area contributed by atoms with Crippen molar-refractivity contribution in [1.29, 1.82) is 0 Å². The molecule has 1 aromatic heterocycles. The van der Waals surface area contributed by atoms with E-state index in [0.717, 1.165) is 17.5 Å². The smallest absolute Gasteiger partial charge is 0.273 e. The average Bonchev–Trinajstić information content (AvgIpc) is 3.32. The molecule has 2 atom stereocenters. The fourth-order valence-corrected chi connectivity index (χ4v) is 3.14. The summed E-state index contributed by atoms with van der Waals surface area (Å²) in [6, 6.07) is 7.07. The maximum absolute atomic E-state index is 13.1. The Hall–Kier alpha value is -2.84. The molecule has 144 valence electrons. The lowest BCUT2D eigenvalue weighted by Crippen LogP contribution is -2.44. The monoisotopic (exact) mass is 380 g/mol. The lowest BCUT2D eigenvalue weighted by Gasteiger charge is -2.12. The number of amides is 2. The van der Waals surface area contributed by atoms with E-state index in [1.807, 2.05) is 6.07 Å². The van der Waals surface area contributed by atoms with Crippen LogP contribution in [0.4, 0.5) is 13.2 Å². The molecule has 0 saturated heterocycles. The molecule has 0 aliphatic heterocycles. The Morgan fingerprint density at radius 3 is 2.56 bits per heavy atom. The number of alkyl halides is 3. The number of carbonyl (C=O) groups is 2. The van der Waals surface area contributed by atoms with Gasteiger partial charge >= 0.3 is 6.18 Å². The highest BCUT2D eigenvalue weighted by molar-refractivity contribution is 5.86. The molecule has 1 saturated carbocycles. The fourth-order valence-electron chi connectivity index (χ4n) is 3.14. The van der Waals surface area contributed by atoms with Gasteiger partial charge in [0.1, 0.15) is 6.54 Å². The number of halogens is 3. The molecule has 2 N–H and O–H groups in total. The number of aromatic nitrogens is 2. The Balaban J connectivity index is 1.55. The third kappa shape index (κ3) is 4.29. The van der Waals surface area contributed by atoms with Crippen molar-refractivity contribution in [3.05, 3.63) is 52.8 Å². The molecule has 0 radical (unpaired) electrons. The Bertz CT molecular complexity index is 876. The Labute approximate surface area is 153 Å². The Morgan fingerprint density at radius 2 is 1.93 bits per heavy atom. The minimum absolute atomic E-state index is 0.0645. The van der Waals surface area contributed by atoms with Gasteiger partial charge in [0.05, 0.1) is 11.3 Å². The molecule has 1 aromatic carbocycles. The van der Waals surface area contributed by atoms with Crippen LogP contribution in [0.5, 0.6) is 0 Å². The van der Waals surface area contributed by atoms with Crippen LogP contribution in [0.25, 0.3) is 0 Å². The first kappa shape index (κ1) is 18.9. The first-order chi connectivity index (χ1) is 12.7. The number of hydrogen-bond donors (Lipinski definition) is 2. The van der Waals surface area contributed by atoms with Crippen molar-refractivity contribution in [2.45, 2.75) is 38.9 Å². The highest BCUT2D eigenvalue weighted by Crippen LogP contribution is 2.50. The predicted molar refractivity (Wildman–Crippen MR) is 90.3 cm³/mol. The van der Waals surface area contributed by atoms with E-state index < -0.39 is 35.4 Å². The molecular weight excluding hydrogens is 361 g/mol. The first-order valence-corrected chi connectivity index (χ1v) is 8.42. The summed E-state index contributed by atoms with van der Waals surface area (Å²) in [5.74, 6) is -2.07. The highest BCUT2D eigenvalue weighted by atomic mass is 19.4. The van der Waals surface area contributed by atoms with Gasteiger partial charge in [-0.2, -0.15) is 18.3 Å². The van der Waals surface area contributed by atoms with E-state index in [4.69, 9.17) is 0 Å².